The molecule has 0 radical (unpaired) electrons. The van der Waals surface area contributed by atoms with E-state index in [1.165, 1.54) is 9.87 Å². The van der Waals surface area contributed by atoms with E-state index < -0.39 is 16.1 Å². The average molecular weight is 449 g/mol. The Morgan fingerprint density at radius 1 is 1.13 bits per heavy atom. The van der Waals surface area contributed by atoms with Gasteiger partial charge in [0.15, 0.2) is 0 Å². The minimum absolute atomic E-state index is 0.138. The summed E-state index contributed by atoms with van der Waals surface area (Å²) in [6, 6.07) is 16.3. The Hall–Kier alpha value is -2.05. The second-order valence-corrected chi connectivity index (χ2v) is 10.2. The van der Waals surface area contributed by atoms with Crippen LogP contribution in [0, 0.1) is 5.92 Å². The lowest BCUT2D eigenvalue weighted by molar-refractivity contribution is -0.133. The molecule has 1 saturated heterocycles. The molecule has 1 aliphatic heterocycles. The van der Waals surface area contributed by atoms with Crippen molar-refractivity contribution in [1.29, 1.82) is 0 Å². The lowest BCUT2D eigenvalue weighted by Crippen LogP contribution is -2.52. The van der Waals surface area contributed by atoms with Gasteiger partial charge in [-0.15, -0.1) is 0 Å². The van der Waals surface area contributed by atoms with Crippen molar-refractivity contribution in [2.75, 3.05) is 23.7 Å². The molecular formula is C23H29ClN2O3S. The number of halogens is 1. The van der Waals surface area contributed by atoms with Crippen LogP contribution in [0.1, 0.15) is 31.7 Å². The molecule has 5 nitrogen and oxygen atoms in total. The van der Waals surface area contributed by atoms with Crippen LogP contribution in [0.4, 0.5) is 5.69 Å². The third kappa shape index (κ3) is 5.55. The minimum Gasteiger partial charge on any atom is -0.341 e. The zero-order chi connectivity index (χ0) is 21.7. The van der Waals surface area contributed by atoms with E-state index in [-0.39, 0.29) is 5.91 Å². The molecule has 1 atom stereocenters. The topological polar surface area (TPSA) is 57.7 Å². The van der Waals surface area contributed by atoms with Crippen molar-refractivity contribution in [1.82, 2.24) is 4.90 Å². The van der Waals surface area contributed by atoms with Gasteiger partial charge in [-0.1, -0.05) is 54.9 Å². The van der Waals surface area contributed by atoms with E-state index in [2.05, 4.69) is 24.3 Å². The Morgan fingerprint density at radius 3 is 2.37 bits per heavy atom. The van der Waals surface area contributed by atoms with Crippen molar-refractivity contribution < 1.29 is 13.2 Å². The summed E-state index contributed by atoms with van der Waals surface area (Å²) in [5, 5.41) is 0.435. The number of anilines is 1. The largest absolute Gasteiger partial charge is 0.341 e. The van der Waals surface area contributed by atoms with Crippen LogP contribution >= 0.6 is 11.6 Å². The molecule has 30 heavy (non-hydrogen) atoms. The summed E-state index contributed by atoms with van der Waals surface area (Å²) in [7, 11) is -3.65. The highest BCUT2D eigenvalue weighted by atomic mass is 35.5. The van der Waals surface area contributed by atoms with Crippen LogP contribution in [0.5, 0.6) is 0 Å². The van der Waals surface area contributed by atoms with Crippen LogP contribution in [0.25, 0.3) is 0 Å². The lowest BCUT2D eigenvalue weighted by Gasteiger charge is -2.37. The molecule has 1 aliphatic rings. The molecule has 0 spiro atoms. The minimum atomic E-state index is -3.65. The Labute approximate surface area is 184 Å². The standard InChI is InChI=1S/C23H29ClN2O3S/c1-3-22(26(30(2,28)29)21-11-7-10-20(24)17-21)23(27)25-14-12-19(13-15-25)16-18-8-5-4-6-9-18/h4-11,17,19,22H,3,12-16H2,1-2H3/t22-/m1/s1. The lowest BCUT2D eigenvalue weighted by atomic mass is 9.90. The first-order valence-corrected chi connectivity index (χ1v) is 12.6. The molecule has 0 bridgehead atoms. The van der Waals surface area contributed by atoms with Gasteiger partial charge in [-0.3, -0.25) is 9.10 Å². The third-order valence-corrected chi connectivity index (χ3v) is 7.08. The highest BCUT2D eigenvalue weighted by Crippen LogP contribution is 2.28. The van der Waals surface area contributed by atoms with Gasteiger partial charge >= 0.3 is 0 Å². The van der Waals surface area contributed by atoms with Crippen LogP contribution in [0.15, 0.2) is 54.6 Å². The number of piperidine rings is 1. The highest BCUT2D eigenvalue weighted by Gasteiger charge is 2.35. The molecular weight excluding hydrogens is 420 g/mol. The fourth-order valence-corrected chi connectivity index (χ4v) is 5.55. The van der Waals surface area contributed by atoms with Crippen molar-refractivity contribution in [3.05, 3.63) is 65.2 Å². The van der Waals surface area contributed by atoms with Crippen molar-refractivity contribution in [3.63, 3.8) is 0 Å². The summed E-state index contributed by atoms with van der Waals surface area (Å²) < 4.78 is 26.4. The maximum atomic E-state index is 13.3. The molecule has 0 N–H and O–H groups in total. The summed E-state index contributed by atoms with van der Waals surface area (Å²) in [6.07, 6.45) is 4.39. The Balaban J connectivity index is 1.72. The molecule has 162 valence electrons. The number of benzene rings is 2. The normalized spacial score (nSPS) is 16.3. The number of likely N-dealkylation sites (tertiary alicyclic amines) is 1. The SMILES string of the molecule is CC[C@H](C(=O)N1CCC(Cc2ccccc2)CC1)N(c1cccc(Cl)c1)S(C)(=O)=O. The second kappa shape index (κ2) is 9.84. The number of carbonyl (C=O) groups is 1. The summed E-state index contributed by atoms with van der Waals surface area (Å²) >= 11 is 6.08. The third-order valence-electron chi connectivity index (χ3n) is 5.67. The maximum Gasteiger partial charge on any atom is 0.246 e. The fraction of sp³-hybridized carbons (Fsp3) is 0.435. The number of carbonyl (C=O) groups excluding carboxylic acids is 1. The Kier molecular flexibility index (Phi) is 7.42. The molecule has 1 heterocycles. The monoisotopic (exact) mass is 448 g/mol. The van der Waals surface area contributed by atoms with Crippen LogP contribution in [0.2, 0.25) is 5.02 Å². The molecule has 3 rings (SSSR count). The van der Waals surface area contributed by atoms with E-state index in [0.717, 1.165) is 25.5 Å². The van der Waals surface area contributed by atoms with Gasteiger partial charge in [0.25, 0.3) is 0 Å². The molecule has 0 saturated carbocycles. The van der Waals surface area contributed by atoms with Gasteiger partial charge in [0.05, 0.1) is 11.9 Å². The molecule has 1 amide bonds. The van der Waals surface area contributed by atoms with Gasteiger partial charge in [-0.05, 0) is 55.4 Å². The van der Waals surface area contributed by atoms with Gasteiger partial charge in [0.2, 0.25) is 15.9 Å². The maximum absolute atomic E-state index is 13.3. The smallest absolute Gasteiger partial charge is 0.246 e. The number of amides is 1. The predicted molar refractivity (Wildman–Crippen MR) is 122 cm³/mol. The summed E-state index contributed by atoms with van der Waals surface area (Å²) in [5.41, 5.74) is 1.74. The quantitative estimate of drug-likeness (QED) is 0.632. The highest BCUT2D eigenvalue weighted by molar-refractivity contribution is 7.92. The number of hydrogen-bond donors (Lipinski definition) is 0. The van der Waals surface area contributed by atoms with Crippen molar-refractivity contribution in [3.8, 4) is 0 Å². The first-order chi connectivity index (χ1) is 14.3. The molecule has 0 unspecified atom stereocenters. The number of rotatable bonds is 7. The Morgan fingerprint density at radius 2 is 1.80 bits per heavy atom. The van der Waals surface area contributed by atoms with Gasteiger partial charge in [-0.25, -0.2) is 8.42 Å². The molecule has 2 aromatic rings. The predicted octanol–water partition coefficient (Wildman–Crippen LogP) is 4.37. The van der Waals surface area contributed by atoms with E-state index in [0.29, 0.717) is 36.1 Å². The van der Waals surface area contributed by atoms with Crippen molar-refractivity contribution in [2.24, 2.45) is 5.92 Å². The van der Waals surface area contributed by atoms with E-state index in [1.807, 2.05) is 17.9 Å². The summed E-state index contributed by atoms with van der Waals surface area (Å²) in [5.74, 6) is 0.400. The average Bonchev–Trinajstić information content (AvgIpc) is 2.72. The zero-order valence-corrected chi connectivity index (χ0v) is 19.1. The summed E-state index contributed by atoms with van der Waals surface area (Å²) in [4.78, 5) is 15.1. The first-order valence-electron chi connectivity index (χ1n) is 10.4. The number of nitrogens with zero attached hydrogens (tertiary/aromatic N) is 2. The summed E-state index contributed by atoms with van der Waals surface area (Å²) in [6.45, 7) is 3.15. The first kappa shape index (κ1) is 22.6. The van der Waals surface area contributed by atoms with Crippen LogP contribution in [-0.2, 0) is 21.2 Å². The van der Waals surface area contributed by atoms with E-state index >= 15 is 0 Å². The molecule has 2 aromatic carbocycles. The molecule has 7 heteroatoms. The van der Waals surface area contributed by atoms with Crippen molar-refractivity contribution in [2.45, 2.75) is 38.6 Å². The number of hydrogen-bond acceptors (Lipinski definition) is 3. The van der Waals surface area contributed by atoms with Crippen LogP contribution in [0.3, 0.4) is 0 Å². The molecule has 1 fully saturated rings. The van der Waals surface area contributed by atoms with Crippen LogP contribution in [-0.4, -0.2) is 44.6 Å². The van der Waals surface area contributed by atoms with Gasteiger partial charge in [-0.2, -0.15) is 0 Å². The van der Waals surface area contributed by atoms with E-state index in [4.69, 9.17) is 11.6 Å². The van der Waals surface area contributed by atoms with Gasteiger partial charge < -0.3 is 4.90 Å². The van der Waals surface area contributed by atoms with Crippen LogP contribution < -0.4 is 4.31 Å². The Bertz CT molecular complexity index is 957. The number of sulfonamides is 1. The fourth-order valence-electron chi connectivity index (χ4n) is 4.17. The van der Waals surface area contributed by atoms with E-state index in [1.54, 1.807) is 24.3 Å². The molecule has 0 aliphatic carbocycles. The van der Waals surface area contributed by atoms with Gasteiger partial charge in [0, 0.05) is 18.1 Å². The van der Waals surface area contributed by atoms with Gasteiger partial charge in [0.1, 0.15) is 6.04 Å². The molecule has 0 aromatic heterocycles. The van der Waals surface area contributed by atoms with E-state index in [9.17, 15) is 13.2 Å². The zero-order valence-electron chi connectivity index (χ0n) is 17.5. The second-order valence-electron chi connectivity index (χ2n) is 7.92. The van der Waals surface area contributed by atoms with Crippen molar-refractivity contribution >= 4 is 33.2 Å².